The first-order chi connectivity index (χ1) is 8.78. The Labute approximate surface area is 107 Å². The van der Waals surface area contributed by atoms with E-state index in [1.807, 2.05) is 6.92 Å². The van der Waals surface area contributed by atoms with E-state index in [9.17, 15) is 0 Å². The fraction of sp³-hybridized carbons (Fsp3) is 0.833. The van der Waals surface area contributed by atoms with Crippen LogP contribution in [0.15, 0.2) is 4.52 Å². The molecule has 6 nitrogen and oxygen atoms in total. The van der Waals surface area contributed by atoms with Crippen LogP contribution in [-0.2, 0) is 6.54 Å². The van der Waals surface area contributed by atoms with E-state index >= 15 is 0 Å². The van der Waals surface area contributed by atoms with Crippen LogP contribution in [-0.4, -0.2) is 52.9 Å². The molecule has 1 fully saturated rings. The lowest BCUT2D eigenvalue weighted by atomic mass is 9.97. The van der Waals surface area contributed by atoms with Gasteiger partial charge in [-0.25, -0.2) is 0 Å². The third-order valence-electron chi connectivity index (χ3n) is 3.40. The van der Waals surface area contributed by atoms with E-state index < -0.39 is 0 Å². The highest BCUT2D eigenvalue weighted by atomic mass is 16.5. The summed E-state index contributed by atoms with van der Waals surface area (Å²) in [6.45, 7) is 6.72. The standard InChI is InChI=1S/C12H22N4O2/c1-10-14-12(18-15-10)9-13-8-11-2-4-16(5-3-11)6-7-17/h11,13,17H,2-9H2,1H3. The molecule has 0 radical (unpaired) electrons. The van der Waals surface area contributed by atoms with Crippen LogP contribution in [0.1, 0.15) is 24.6 Å². The summed E-state index contributed by atoms with van der Waals surface area (Å²) < 4.78 is 5.04. The van der Waals surface area contributed by atoms with Crippen LogP contribution in [0.4, 0.5) is 0 Å². The molecule has 0 aromatic carbocycles. The summed E-state index contributed by atoms with van der Waals surface area (Å²) in [4.78, 5) is 6.47. The summed E-state index contributed by atoms with van der Waals surface area (Å²) in [6, 6.07) is 0. The van der Waals surface area contributed by atoms with Crippen LogP contribution in [0.2, 0.25) is 0 Å². The summed E-state index contributed by atoms with van der Waals surface area (Å²) in [5, 5.41) is 16.0. The van der Waals surface area contributed by atoms with E-state index in [1.54, 1.807) is 0 Å². The number of hydrogen-bond acceptors (Lipinski definition) is 6. The molecule has 0 spiro atoms. The maximum atomic E-state index is 8.88. The van der Waals surface area contributed by atoms with E-state index in [0.717, 1.165) is 26.2 Å². The van der Waals surface area contributed by atoms with Crippen molar-refractivity contribution in [3.8, 4) is 0 Å². The first-order valence-electron chi connectivity index (χ1n) is 6.61. The first kappa shape index (κ1) is 13.5. The van der Waals surface area contributed by atoms with Crippen LogP contribution >= 0.6 is 0 Å². The van der Waals surface area contributed by atoms with Crippen molar-refractivity contribution in [1.29, 1.82) is 0 Å². The van der Waals surface area contributed by atoms with Crippen molar-refractivity contribution in [3.05, 3.63) is 11.7 Å². The number of nitrogens with zero attached hydrogens (tertiary/aromatic N) is 3. The molecule has 0 saturated carbocycles. The number of β-amino-alcohol motifs (C(OH)–C–C–N with tert-alkyl or cyclic N) is 1. The number of nitrogens with one attached hydrogen (secondary N) is 1. The van der Waals surface area contributed by atoms with Crippen LogP contribution in [0.5, 0.6) is 0 Å². The van der Waals surface area contributed by atoms with Crippen molar-refractivity contribution in [1.82, 2.24) is 20.4 Å². The lowest BCUT2D eigenvalue weighted by Crippen LogP contribution is -2.38. The van der Waals surface area contributed by atoms with Gasteiger partial charge in [-0.05, 0) is 45.3 Å². The van der Waals surface area contributed by atoms with Gasteiger partial charge < -0.3 is 19.8 Å². The predicted molar refractivity (Wildman–Crippen MR) is 67.0 cm³/mol. The van der Waals surface area contributed by atoms with Crippen molar-refractivity contribution in [2.24, 2.45) is 5.92 Å². The molecule has 0 amide bonds. The highest BCUT2D eigenvalue weighted by molar-refractivity contribution is 4.82. The average molecular weight is 254 g/mol. The number of aliphatic hydroxyl groups is 1. The second-order valence-corrected chi connectivity index (χ2v) is 4.87. The second kappa shape index (κ2) is 6.82. The molecule has 1 aliphatic rings. The van der Waals surface area contributed by atoms with Crippen molar-refractivity contribution in [2.75, 3.05) is 32.8 Å². The SMILES string of the molecule is Cc1noc(CNCC2CCN(CCO)CC2)n1. The average Bonchev–Trinajstić information content (AvgIpc) is 2.78. The van der Waals surface area contributed by atoms with Gasteiger partial charge in [0.05, 0.1) is 13.2 Å². The van der Waals surface area contributed by atoms with Gasteiger partial charge in [-0.3, -0.25) is 0 Å². The minimum atomic E-state index is 0.263. The van der Waals surface area contributed by atoms with Crippen LogP contribution < -0.4 is 5.32 Å². The van der Waals surface area contributed by atoms with Gasteiger partial charge in [-0.2, -0.15) is 4.98 Å². The van der Waals surface area contributed by atoms with Gasteiger partial charge in [0.15, 0.2) is 5.82 Å². The number of aliphatic hydroxyl groups excluding tert-OH is 1. The Kier molecular flexibility index (Phi) is 5.10. The molecule has 1 aromatic rings. The molecule has 0 unspecified atom stereocenters. The highest BCUT2D eigenvalue weighted by Gasteiger charge is 2.18. The Balaban J connectivity index is 1.60. The van der Waals surface area contributed by atoms with E-state index in [1.165, 1.54) is 12.8 Å². The molecule has 6 heteroatoms. The minimum Gasteiger partial charge on any atom is -0.395 e. The number of aryl methyl sites for hydroxylation is 1. The monoisotopic (exact) mass is 254 g/mol. The summed E-state index contributed by atoms with van der Waals surface area (Å²) in [5.41, 5.74) is 0. The Bertz CT molecular complexity index is 348. The van der Waals surface area contributed by atoms with Gasteiger partial charge in [-0.15, -0.1) is 0 Å². The number of aromatic nitrogens is 2. The molecule has 2 N–H and O–H groups in total. The highest BCUT2D eigenvalue weighted by Crippen LogP contribution is 2.15. The van der Waals surface area contributed by atoms with Crippen LogP contribution in [0.25, 0.3) is 0 Å². The third kappa shape index (κ3) is 4.04. The third-order valence-corrected chi connectivity index (χ3v) is 3.40. The number of piperidine rings is 1. The summed E-state index contributed by atoms with van der Waals surface area (Å²) in [5.74, 6) is 2.05. The van der Waals surface area contributed by atoms with Crippen LogP contribution in [0, 0.1) is 12.8 Å². The maximum Gasteiger partial charge on any atom is 0.240 e. The van der Waals surface area contributed by atoms with Crippen molar-refractivity contribution in [3.63, 3.8) is 0 Å². The quantitative estimate of drug-likeness (QED) is 0.754. The molecular formula is C12H22N4O2. The molecule has 0 bridgehead atoms. The van der Waals surface area contributed by atoms with Crippen molar-refractivity contribution < 1.29 is 9.63 Å². The molecule has 1 aromatic heterocycles. The minimum absolute atomic E-state index is 0.263. The Morgan fingerprint density at radius 2 is 2.22 bits per heavy atom. The molecule has 2 heterocycles. The van der Waals surface area contributed by atoms with E-state index in [-0.39, 0.29) is 6.61 Å². The molecule has 0 aliphatic carbocycles. The summed E-state index contributed by atoms with van der Waals surface area (Å²) >= 11 is 0. The maximum absolute atomic E-state index is 8.88. The Morgan fingerprint density at radius 3 is 2.83 bits per heavy atom. The molecule has 1 aliphatic heterocycles. The number of rotatable bonds is 6. The van der Waals surface area contributed by atoms with Gasteiger partial charge in [-0.1, -0.05) is 5.16 Å². The van der Waals surface area contributed by atoms with E-state index in [2.05, 4.69) is 20.4 Å². The first-order valence-corrected chi connectivity index (χ1v) is 6.61. The van der Waals surface area contributed by atoms with Crippen molar-refractivity contribution >= 4 is 0 Å². The lowest BCUT2D eigenvalue weighted by molar-refractivity contribution is 0.146. The Morgan fingerprint density at radius 1 is 1.44 bits per heavy atom. The largest absolute Gasteiger partial charge is 0.395 e. The zero-order valence-corrected chi connectivity index (χ0v) is 10.9. The van der Waals surface area contributed by atoms with Gasteiger partial charge in [0.1, 0.15) is 0 Å². The number of likely N-dealkylation sites (tertiary alicyclic amines) is 1. The Hall–Kier alpha value is -0.980. The van der Waals surface area contributed by atoms with Gasteiger partial charge in [0, 0.05) is 6.54 Å². The zero-order valence-electron chi connectivity index (χ0n) is 10.9. The summed E-state index contributed by atoms with van der Waals surface area (Å²) in [6.07, 6.45) is 2.38. The molecular weight excluding hydrogens is 232 g/mol. The fourth-order valence-corrected chi connectivity index (χ4v) is 2.35. The lowest BCUT2D eigenvalue weighted by Gasteiger charge is -2.31. The normalized spacial score (nSPS) is 18.3. The van der Waals surface area contributed by atoms with Gasteiger partial charge in [0.25, 0.3) is 0 Å². The van der Waals surface area contributed by atoms with Gasteiger partial charge >= 0.3 is 0 Å². The molecule has 1 saturated heterocycles. The van der Waals surface area contributed by atoms with Gasteiger partial charge in [0.2, 0.25) is 5.89 Å². The molecule has 102 valence electrons. The second-order valence-electron chi connectivity index (χ2n) is 4.87. The van der Waals surface area contributed by atoms with Crippen molar-refractivity contribution in [2.45, 2.75) is 26.3 Å². The fourth-order valence-electron chi connectivity index (χ4n) is 2.35. The molecule has 2 rings (SSSR count). The van der Waals surface area contributed by atoms with E-state index in [0.29, 0.717) is 24.2 Å². The number of hydrogen-bond donors (Lipinski definition) is 2. The topological polar surface area (TPSA) is 74.4 Å². The molecule has 18 heavy (non-hydrogen) atoms. The smallest absolute Gasteiger partial charge is 0.240 e. The van der Waals surface area contributed by atoms with E-state index in [4.69, 9.17) is 9.63 Å². The van der Waals surface area contributed by atoms with Crippen LogP contribution in [0.3, 0.4) is 0 Å². The zero-order chi connectivity index (χ0) is 12.8. The summed E-state index contributed by atoms with van der Waals surface area (Å²) in [7, 11) is 0. The molecule has 0 atom stereocenters. The predicted octanol–water partition coefficient (Wildman–Crippen LogP) is 0.172.